The Hall–Kier alpha value is 0.123. The van der Waals surface area contributed by atoms with E-state index in [4.69, 9.17) is 4.74 Å². The van der Waals surface area contributed by atoms with Crippen LogP contribution in [-0.4, -0.2) is 7.11 Å². The fraction of sp³-hybridized carbons (Fsp3) is 0.364. The van der Waals surface area contributed by atoms with Crippen LogP contribution in [0.1, 0.15) is 16.7 Å². The zero-order valence-electron chi connectivity index (χ0n) is 9.06. The Morgan fingerprint density at radius 2 is 1.64 bits per heavy atom. The summed E-state index contributed by atoms with van der Waals surface area (Å²) < 4.78 is 5.25. The average molecular weight is 309 g/mol. The van der Waals surface area contributed by atoms with Crippen molar-refractivity contribution in [1.82, 2.24) is 0 Å². The fourth-order valence-corrected chi connectivity index (χ4v) is 1.51. The second-order valence-electron chi connectivity index (χ2n) is 3.01. The first-order valence-corrected chi connectivity index (χ1v) is 4.12. The number of hydrogen-bond acceptors (Lipinski definition) is 1. The normalized spacial score (nSPS) is 8.57. The molecule has 1 radical (unpaired) electrons. The Balaban J connectivity index is 0. The first-order valence-electron chi connectivity index (χ1n) is 4.12. The van der Waals surface area contributed by atoms with Crippen molar-refractivity contribution in [3.8, 4) is 5.75 Å². The molecule has 0 aromatic heterocycles. The van der Waals surface area contributed by atoms with Crippen LogP contribution >= 0.6 is 0 Å². The van der Waals surface area contributed by atoms with Crippen LogP contribution in [0.4, 0.5) is 0 Å². The van der Waals surface area contributed by atoms with Crippen LogP contribution in [0.15, 0.2) is 12.1 Å². The van der Waals surface area contributed by atoms with E-state index in [-0.39, 0.29) is 36.5 Å². The fourth-order valence-electron chi connectivity index (χ4n) is 1.51. The molecule has 0 saturated carbocycles. The molecule has 0 unspecified atom stereocenters. The third-order valence-corrected chi connectivity index (χ3v) is 2.01. The number of benzene rings is 1. The SMILES string of the molecule is [Br-].[CH2]Cc1cc(C)c(OC)c(C)c1.[Zn]. The number of rotatable bonds is 2. The Bertz CT molecular complexity index is 264. The maximum absolute atomic E-state index is 5.25. The van der Waals surface area contributed by atoms with Crippen molar-refractivity contribution in [3.05, 3.63) is 35.7 Å². The van der Waals surface area contributed by atoms with E-state index in [9.17, 15) is 0 Å². The van der Waals surface area contributed by atoms with Gasteiger partial charge in [0.05, 0.1) is 7.11 Å². The first-order chi connectivity index (χ1) is 5.69. The van der Waals surface area contributed by atoms with Crippen LogP contribution < -0.4 is 21.7 Å². The van der Waals surface area contributed by atoms with Crippen LogP contribution in [0.5, 0.6) is 5.75 Å². The van der Waals surface area contributed by atoms with Crippen LogP contribution in [0, 0.1) is 20.8 Å². The largest absolute Gasteiger partial charge is 1.00 e. The van der Waals surface area contributed by atoms with Gasteiger partial charge in [-0.05, 0) is 43.9 Å². The van der Waals surface area contributed by atoms with Gasteiger partial charge < -0.3 is 21.7 Å². The van der Waals surface area contributed by atoms with E-state index in [0.717, 1.165) is 12.2 Å². The minimum Gasteiger partial charge on any atom is -1.00 e. The summed E-state index contributed by atoms with van der Waals surface area (Å²) in [6, 6.07) is 4.25. The van der Waals surface area contributed by atoms with E-state index in [0.29, 0.717) is 0 Å². The Morgan fingerprint density at radius 3 is 1.93 bits per heavy atom. The Morgan fingerprint density at radius 1 is 1.21 bits per heavy atom. The Kier molecular flexibility index (Phi) is 8.77. The summed E-state index contributed by atoms with van der Waals surface area (Å²) >= 11 is 0. The molecule has 0 heterocycles. The van der Waals surface area contributed by atoms with Crippen molar-refractivity contribution in [2.45, 2.75) is 20.3 Å². The quantitative estimate of drug-likeness (QED) is 0.681. The molecule has 0 bridgehead atoms. The molecule has 0 fully saturated rings. The van der Waals surface area contributed by atoms with Gasteiger partial charge >= 0.3 is 0 Å². The molecular weight excluding hydrogens is 293 g/mol. The van der Waals surface area contributed by atoms with E-state index < -0.39 is 0 Å². The smallest absolute Gasteiger partial charge is 0.124 e. The van der Waals surface area contributed by atoms with Gasteiger partial charge in [0.1, 0.15) is 5.75 Å². The standard InChI is InChI=1S/C11H15O.BrH.Zn/c1-5-10-6-8(2)11(12-4)9(3)7-10;;/h6-7H,1,5H2,2-4H3;1H;/p-1. The average Bonchev–Trinajstić information content (AvgIpc) is 2.03. The monoisotopic (exact) mass is 306 g/mol. The van der Waals surface area contributed by atoms with Crippen molar-refractivity contribution in [1.29, 1.82) is 0 Å². The number of hydrogen-bond donors (Lipinski definition) is 0. The number of ether oxygens (including phenoxy) is 1. The molecule has 3 heteroatoms. The van der Waals surface area contributed by atoms with E-state index in [1.54, 1.807) is 7.11 Å². The second kappa shape index (κ2) is 7.42. The topological polar surface area (TPSA) is 9.23 Å². The predicted molar refractivity (Wildman–Crippen MR) is 51.5 cm³/mol. The molecule has 1 rings (SSSR count). The van der Waals surface area contributed by atoms with Gasteiger partial charge in [-0.25, -0.2) is 0 Å². The van der Waals surface area contributed by atoms with Crippen molar-refractivity contribution in [3.63, 3.8) is 0 Å². The summed E-state index contributed by atoms with van der Waals surface area (Å²) in [6.07, 6.45) is 0.839. The van der Waals surface area contributed by atoms with Gasteiger partial charge in [0.15, 0.2) is 0 Å². The maximum atomic E-state index is 5.25. The zero-order chi connectivity index (χ0) is 9.14. The van der Waals surface area contributed by atoms with Crippen LogP contribution in [0.25, 0.3) is 0 Å². The van der Waals surface area contributed by atoms with Gasteiger partial charge in [-0.1, -0.05) is 12.1 Å². The summed E-state index contributed by atoms with van der Waals surface area (Å²) in [5.41, 5.74) is 3.65. The number of aryl methyl sites for hydroxylation is 2. The van der Waals surface area contributed by atoms with Crippen LogP contribution in [0.2, 0.25) is 0 Å². The first kappa shape index (κ1) is 16.5. The minimum atomic E-state index is 0. The van der Waals surface area contributed by atoms with Crippen molar-refractivity contribution in [2.24, 2.45) is 0 Å². The van der Waals surface area contributed by atoms with E-state index >= 15 is 0 Å². The Labute approximate surface area is 110 Å². The molecule has 0 atom stereocenters. The summed E-state index contributed by atoms with van der Waals surface area (Å²) in [7, 11) is 1.71. The van der Waals surface area contributed by atoms with Crippen LogP contribution in [-0.2, 0) is 25.9 Å². The summed E-state index contributed by atoms with van der Waals surface area (Å²) in [4.78, 5) is 0. The van der Waals surface area contributed by atoms with E-state index in [1.807, 2.05) is 0 Å². The van der Waals surface area contributed by atoms with Crippen LogP contribution in [0.3, 0.4) is 0 Å². The molecule has 75 valence electrons. The van der Waals surface area contributed by atoms with Gasteiger partial charge in [0.2, 0.25) is 0 Å². The predicted octanol–water partition coefficient (Wildman–Crippen LogP) is -0.310. The third kappa shape index (κ3) is 3.70. The zero-order valence-corrected chi connectivity index (χ0v) is 13.6. The van der Waals surface area contributed by atoms with Crippen molar-refractivity contribution >= 4 is 0 Å². The minimum absolute atomic E-state index is 0. The molecular formula is C11H15BrOZn-. The number of halogens is 1. The molecule has 0 saturated heterocycles. The van der Waals surface area contributed by atoms with Crippen molar-refractivity contribution in [2.75, 3.05) is 7.11 Å². The molecule has 0 aliphatic carbocycles. The van der Waals surface area contributed by atoms with Gasteiger partial charge in [-0.2, -0.15) is 0 Å². The maximum Gasteiger partial charge on any atom is 0.124 e. The van der Waals surface area contributed by atoms with E-state index in [1.165, 1.54) is 16.7 Å². The molecule has 0 aliphatic heterocycles. The third-order valence-electron chi connectivity index (χ3n) is 2.01. The molecule has 14 heavy (non-hydrogen) atoms. The van der Waals surface area contributed by atoms with Gasteiger partial charge in [-0.3, -0.25) is 0 Å². The molecule has 1 aromatic rings. The number of methoxy groups -OCH3 is 1. The summed E-state index contributed by atoms with van der Waals surface area (Å²) in [5.74, 6) is 0.993. The molecule has 1 aromatic carbocycles. The summed E-state index contributed by atoms with van der Waals surface area (Å²) in [6.45, 7) is 7.97. The van der Waals surface area contributed by atoms with Crippen molar-refractivity contribution < 1.29 is 41.2 Å². The van der Waals surface area contributed by atoms with Gasteiger partial charge in [-0.15, -0.1) is 0 Å². The molecule has 0 aliphatic rings. The molecule has 0 spiro atoms. The molecule has 0 N–H and O–H groups in total. The second-order valence-corrected chi connectivity index (χ2v) is 3.01. The van der Waals surface area contributed by atoms with Gasteiger partial charge in [0.25, 0.3) is 0 Å². The molecule has 0 amide bonds. The summed E-state index contributed by atoms with van der Waals surface area (Å²) in [5, 5.41) is 0. The van der Waals surface area contributed by atoms with Gasteiger partial charge in [0, 0.05) is 19.5 Å². The molecule has 1 nitrogen and oxygen atoms in total. The van der Waals surface area contributed by atoms with E-state index in [2.05, 4.69) is 32.9 Å².